The molecule has 0 spiro atoms. The van der Waals surface area contributed by atoms with Crippen LogP contribution in [0, 0.1) is 27.5 Å². The summed E-state index contributed by atoms with van der Waals surface area (Å²) in [4.78, 5) is 25.7. The summed E-state index contributed by atoms with van der Waals surface area (Å²) in [6, 6.07) is 8.34. The summed E-state index contributed by atoms with van der Waals surface area (Å²) in [5.74, 6) is -0.357. The first-order valence-electron chi connectivity index (χ1n) is 8.56. The number of anilines is 2. The molecule has 1 heterocycles. The Morgan fingerprint density at radius 3 is 2.56 bits per heavy atom. The Balaban J connectivity index is 1.97. The molecule has 1 aliphatic rings. The number of carbonyl (C=O) groups is 1. The van der Waals surface area contributed by atoms with Gasteiger partial charge in [0.1, 0.15) is 0 Å². The normalized spacial score (nSPS) is 14.1. The van der Waals surface area contributed by atoms with Crippen molar-refractivity contribution in [3.63, 3.8) is 0 Å². The number of aryl methyl sites for hydroxylation is 2. The molecule has 1 aliphatic heterocycles. The van der Waals surface area contributed by atoms with Gasteiger partial charge in [0.25, 0.3) is 11.6 Å². The summed E-state index contributed by atoms with van der Waals surface area (Å²) in [7, 11) is 0. The van der Waals surface area contributed by atoms with E-state index in [0.29, 0.717) is 43.2 Å². The number of carbonyl (C=O) groups excluding carboxylic acids is 1. The van der Waals surface area contributed by atoms with Gasteiger partial charge in [-0.15, -0.1) is 0 Å². The highest BCUT2D eigenvalue weighted by molar-refractivity contribution is 14.1. The molecule has 1 amide bonds. The Kier molecular flexibility index (Phi) is 5.95. The number of hydrogen-bond donors (Lipinski definition) is 1. The molecule has 3 rings (SSSR count). The number of non-ortho nitro benzene ring substituents is 1. The zero-order valence-electron chi connectivity index (χ0n) is 15.1. The summed E-state index contributed by atoms with van der Waals surface area (Å²) in [5, 5.41) is 14.1. The van der Waals surface area contributed by atoms with Crippen molar-refractivity contribution in [3.8, 4) is 0 Å². The molecule has 1 fully saturated rings. The van der Waals surface area contributed by atoms with Crippen LogP contribution in [0.1, 0.15) is 21.5 Å². The second-order valence-corrected chi connectivity index (χ2v) is 7.59. The van der Waals surface area contributed by atoms with Crippen molar-refractivity contribution in [2.45, 2.75) is 13.8 Å². The average Bonchev–Trinajstić information content (AvgIpc) is 2.66. The molecular formula is C19H20IN3O4. The molecule has 1 saturated heterocycles. The van der Waals surface area contributed by atoms with Crippen molar-refractivity contribution >= 4 is 45.6 Å². The van der Waals surface area contributed by atoms with Crippen molar-refractivity contribution in [3.05, 3.63) is 60.7 Å². The largest absolute Gasteiger partial charge is 0.378 e. The lowest BCUT2D eigenvalue weighted by atomic mass is 10.1. The van der Waals surface area contributed by atoms with E-state index in [2.05, 4.69) is 27.9 Å². The fourth-order valence-corrected chi connectivity index (χ4v) is 3.63. The molecule has 0 aromatic heterocycles. The number of nitro benzene ring substituents is 1. The van der Waals surface area contributed by atoms with Gasteiger partial charge in [-0.1, -0.05) is 0 Å². The second-order valence-electron chi connectivity index (χ2n) is 6.43. The van der Waals surface area contributed by atoms with E-state index in [-0.39, 0.29) is 11.6 Å². The first-order valence-corrected chi connectivity index (χ1v) is 9.64. The molecule has 27 heavy (non-hydrogen) atoms. The second kappa shape index (κ2) is 8.22. The lowest BCUT2D eigenvalue weighted by molar-refractivity contribution is -0.384. The monoisotopic (exact) mass is 481 g/mol. The fraction of sp³-hybridized carbons (Fsp3) is 0.316. The number of halogens is 1. The predicted molar refractivity (Wildman–Crippen MR) is 113 cm³/mol. The number of amides is 1. The van der Waals surface area contributed by atoms with Gasteiger partial charge in [-0.3, -0.25) is 14.9 Å². The topological polar surface area (TPSA) is 84.7 Å². The Morgan fingerprint density at radius 2 is 1.89 bits per heavy atom. The molecule has 0 bridgehead atoms. The van der Waals surface area contributed by atoms with E-state index in [1.807, 2.05) is 30.9 Å². The molecule has 0 radical (unpaired) electrons. The number of rotatable bonds is 4. The first kappa shape index (κ1) is 19.6. The Morgan fingerprint density at radius 1 is 1.19 bits per heavy atom. The highest BCUT2D eigenvalue weighted by Gasteiger charge is 2.22. The number of ether oxygens (including phenoxy) is 1. The summed E-state index contributed by atoms with van der Waals surface area (Å²) >= 11 is 2.25. The highest BCUT2D eigenvalue weighted by Crippen LogP contribution is 2.28. The number of benzene rings is 2. The van der Waals surface area contributed by atoms with Crippen molar-refractivity contribution in [2.24, 2.45) is 0 Å². The van der Waals surface area contributed by atoms with Crippen molar-refractivity contribution in [1.82, 2.24) is 0 Å². The van der Waals surface area contributed by atoms with Crippen LogP contribution in [0.15, 0.2) is 30.3 Å². The van der Waals surface area contributed by atoms with Crippen LogP contribution in [0.2, 0.25) is 0 Å². The van der Waals surface area contributed by atoms with Crippen molar-refractivity contribution in [1.29, 1.82) is 0 Å². The van der Waals surface area contributed by atoms with Gasteiger partial charge >= 0.3 is 0 Å². The molecular weight excluding hydrogens is 461 g/mol. The maximum absolute atomic E-state index is 13.0. The summed E-state index contributed by atoms with van der Waals surface area (Å²) in [6.07, 6.45) is 0. The van der Waals surface area contributed by atoms with Crippen LogP contribution < -0.4 is 10.2 Å². The minimum atomic E-state index is -0.486. The number of morpholine rings is 1. The SMILES string of the molecule is Cc1cc(NC(=O)c2cc([N+](=O)[O-])ccc2N2CCOCC2)c(C)cc1I. The van der Waals surface area contributed by atoms with E-state index in [0.717, 1.165) is 14.7 Å². The van der Waals surface area contributed by atoms with E-state index < -0.39 is 4.92 Å². The van der Waals surface area contributed by atoms with Gasteiger partial charge in [0.15, 0.2) is 0 Å². The molecule has 2 aromatic carbocycles. The minimum absolute atomic E-state index is 0.104. The summed E-state index contributed by atoms with van der Waals surface area (Å²) < 4.78 is 6.49. The minimum Gasteiger partial charge on any atom is -0.378 e. The van der Waals surface area contributed by atoms with Gasteiger partial charge < -0.3 is 15.0 Å². The van der Waals surface area contributed by atoms with Crippen LogP contribution >= 0.6 is 22.6 Å². The molecule has 0 unspecified atom stereocenters. The molecule has 1 N–H and O–H groups in total. The third-order valence-electron chi connectivity index (χ3n) is 4.54. The molecule has 7 nitrogen and oxygen atoms in total. The number of nitrogens with one attached hydrogen (secondary N) is 1. The Labute approximate surface area is 171 Å². The first-order chi connectivity index (χ1) is 12.9. The van der Waals surface area contributed by atoms with Gasteiger partial charge in [0.05, 0.1) is 29.4 Å². The predicted octanol–water partition coefficient (Wildman–Crippen LogP) is 3.91. The van der Waals surface area contributed by atoms with Gasteiger partial charge in [0, 0.05) is 34.5 Å². The Bertz CT molecular complexity index is 895. The third kappa shape index (κ3) is 4.38. The summed E-state index contributed by atoms with van der Waals surface area (Å²) in [5.41, 5.74) is 3.58. The standard InChI is InChI=1S/C19H20IN3O4/c1-12-10-17(13(2)9-16(12)20)21-19(24)15-11-14(23(25)26)3-4-18(15)22-5-7-27-8-6-22/h3-4,9-11H,5-8H2,1-2H3,(H,21,24). The van der Waals surface area contributed by atoms with Crippen molar-refractivity contribution < 1.29 is 14.5 Å². The number of nitro groups is 1. The zero-order chi connectivity index (χ0) is 19.6. The highest BCUT2D eigenvalue weighted by atomic mass is 127. The van der Waals surface area contributed by atoms with E-state index >= 15 is 0 Å². The molecule has 8 heteroatoms. The average molecular weight is 481 g/mol. The van der Waals surface area contributed by atoms with Gasteiger partial charge in [-0.2, -0.15) is 0 Å². The van der Waals surface area contributed by atoms with Crippen molar-refractivity contribution in [2.75, 3.05) is 36.5 Å². The third-order valence-corrected chi connectivity index (χ3v) is 5.70. The van der Waals surface area contributed by atoms with Crippen LogP contribution in [0.5, 0.6) is 0 Å². The van der Waals surface area contributed by atoms with Crippen LogP contribution in [0.3, 0.4) is 0 Å². The maximum atomic E-state index is 13.0. The van der Waals surface area contributed by atoms with Gasteiger partial charge in [-0.25, -0.2) is 0 Å². The molecule has 2 aromatic rings. The molecule has 142 valence electrons. The summed E-state index contributed by atoms with van der Waals surface area (Å²) in [6.45, 7) is 6.30. The maximum Gasteiger partial charge on any atom is 0.270 e. The van der Waals surface area contributed by atoms with Crippen LogP contribution in [-0.4, -0.2) is 37.1 Å². The zero-order valence-corrected chi connectivity index (χ0v) is 17.3. The molecule has 0 aliphatic carbocycles. The van der Waals surface area contributed by atoms with E-state index in [1.165, 1.54) is 12.1 Å². The van der Waals surface area contributed by atoms with Crippen LogP contribution in [0.25, 0.3) is 0 Å². The Hall–Kier alpha value is -2.20. The quantitative estimate of drug-likeness (QED) is 0.407. The number of hydrogen-bond acceptors (Lipinski definition) is 5. The molecule has 0 saturated carbocycles. The van der Waals surface area contributed by atoms with E-state index in [4.69, 9.17) is 4.74 Å². The van der Waals surface area contributed by atoms with Gasteiger partial charge in [0.2, 0.25) is 0 Å². The van der Waals surface area contributed by atoms with E-state index in [9.17, 15) is 14.9 Å². The fourth-order valence-electron chi connectivity index (χ4n) is 3.00. The van der Waals surface area contributed by atoms with Crippen LogP contribution in [-0.2, 0) is 4.74 Å². The lowest BCUT2D eigenvalue weighted by Crippen LogP contribution is -2.37. The number of nitrogens with zero attached hydrogens (tertiary/aromatic N) is 2. The van der Waals surface area contributed by atoms with Crippen LogP contribution in [0.4, 0.5) is 17.1 Å². The smallest absolute Gasteiger partial charge is 0.270 e. The van der Waals surface area contributed by atoms with E-state index in [1.54, 1.807) is 6.07 Å². The molecule has 0 atom stereocenters. The van der Waals surface area contributed by atoms with Gasteiger partial charge in [-0.05, 0) is 65.8 Å². The lowest BCUT2D eigenvalue weighted by Gasteiger charge is -2.30.